The maximum atomic E-state index is 5.55. The average Bonchev–Trinajstić information content (AvgIpc) is 3.01. The SMILES string of the molecule is c1cc2n(n1)CC[C@H](CN1CCOCC1)N(CC1CCOCC1)C2. The highest BCUT2D eigenvalue weighted by Gasteiger charge is 2.29. The highest BCUT2D eigenvalue weighted by atomic mass is 16.5. The average molecular weight is 334 g/mol. The second kappa shape index (κ2) is 7.95. The molecule has 6 nitrogen and oxygen atoms in total. The maximum absolute atomic E-state index is 5.55. The van der Waals surface area contributed by atoms with Crippen LogP contribution in [0.15, 0.2) is 12.3 Å². The van der Waals surface area contributed by atoms with Gasteiger partial charge in [0.25, 0.3) is 0 Å². The third-order valence-electron chi connectivity index (χ3n) is 5.77. The van der Waals surface area contributed by atoms with Crippen LogP contribution in [0.25, 0.3) is 0 Å². The molecule has 4 rings (SSSR count). The number of nitrogens with zero attached hydrogens (tertiary/aromatic N) is 4. The predicted octanol–water partition coefficient (Wildman–Crippen LogP) is 1.22. The molecule has 0 unspecified atom stereocenters. The summed E-state index contributed by atoms with van der Waals surface area (Å²) in [6.07, 6.45) is 5.56. The second-order valence-electron chi connectivity index (χ2n) is 7.39. The van der Waals surface area contributed by atoms with Gasteiger partial charge in [-0.3, -0.25) is 14.5 Å². The van der Waals surface area contributed by atoms with Gasteiger partial charge >= 0.3 is 0 Å². The van der Waals surface area contributed by atoms with Crippen LogP contribution in [0.5, 0.6) is 0 Å². The van der Waals surface area contributed by atoms with Crippen molar-refractivity contribution >= 4 is 0 Å². The minimum Gasteiger partial charge on any atom is -0.381 e. The highest BCUT2D eigenvalue weighted by Crippen LogP contribution is 2.23. The fourth-order valence-corrected chi connectivity index (χ4v) is 4.25. The minimum absolute atomic E-state index is 0.618. The van der Waals surface area contributed by atoms with Gasteiger partial charge in [0.2, 0.25) is 0 Å². The number of rotatable bonds is 4. The van der Waals surface area contributed by atoms with E-state index in [9.17, 15) is 0 Å². The summed E-state index contributed by atoms with van der Waals surface area (Å²) in [5, 5.41) is 4.52. The molecule has 4 heterocycles. The Hall–Kier alpha value is -0.950. The Morgan fingerprint density at radius 3 is 2.58 bits per heavy atom. The number of aryl methyl sites for hydroxylation is 1. The number of hydrogen-bond acceptors (Lipinski definition) is 5. The molecule has 6 heteroatoms. The molecule has 0 spiro atoms. The minimum atomic E-state index is 0.618. The monoisotopic (exact) mass is 334 g/mol. The molecular formula is C18H30N4O2. The van der Waals surface area contributed by atoms with Crippen LogP contribution in [-0.4, -0.2) is 78.2 Å². The van der Waals surface area contributed by atoms with Crippen molar-refractivity contribution in [1.29, 1.82) is 0 Å². The Morgan fingerprint density at radius 1 is 0.958 bits per heavy atom. The van der Waals surface area contributed by atoms with Crippen LogP contribution in [0.2, 0.25) is 0 Å². The molecule has 3 aliphatic heterocycles. The molecule has 2 saturated heterocycles. The van der Waals surface area contributed by atoms with Crippen LogP contribution in [0, 0.1) is 5.92 Å². The number of morpholine rings is 1. The van der Waals surface area contributed by atoms with Crippen LogP contribution >= 0.6 is 0 Å². The van der Waals surface area contributed by atoms with E-state index in [-0.39, 0.29) is 0 Å². The Kier molecular flexibility index (Phi) is 5.47. The van der Waals surface area contributed by atoms with E-state index in [2.05, 4.69) is 25.6 Å². The van der Waals surface area contributed by atoms with Crippen molar-refractivity contribution in [2.24, 2.45) is 5.92 Å². The summed E-state index contributed by atoms with van der Waals surface area (Å²) in [7, 11) is 0. The summed E-state index contributed by atoms with van der Waals surface area (Å²) in [6.45, 7) is 10.2. The Morgan fingerprint density at radius 2 is 1.75 bits per heavy atom. The lowest BCUT2D eigenvalue weighted by Gasteiger charge is -2.38. The summed E-state index contributed by atoms with van der Waals surface area (Å²) >= 11 is 0. The number of fused-ring (bicyclic) bond motifs is 1. The van der Waals surface area contributed by atoms with Crippen LogP contribution in [0.3, 0.4) is 0 Å². The van der Waals surface area contributed by atoms with Crippen molar-refractivity contribution in [2.75, 3.05) is 52.6 Å². The van der Waals surface area contributed by atoms with Gasteiger partial charge in [0.05, 0.1) is 18.9 Å². The Labute approximate surface area is 144 Å². The van der Waals surface area contributed by atoms with Crippen molar-refractivity contribution in [1.82, 2.24) is 19.6 Å². The second-order valence-corrected chi connectivity index (χ2v) is 7.39. The van der Waals surface area contributed by atoms with Gasteiger partial charge in [-0.15, -0.1) is 0 Å². The molecule has 0 N–H and O–H groups in total. The van der Waals surface area contributed by atoms with Crippen molar-refractivity contribution in [3.63, 3.8) is 0 Å². The van der Waals surface area contributed by atoms with Crippen molar-refractivity contribution in [3.05, 3.63) is 18.0 Å². The van der Waals surface area contributed by atoms with Crippen LogP contribution in [0.4, 0.5) is 0 Å². The lowest BCUT2D eigenvalue weighted by molar-refractivity contribution is 0.0107. The zero-order chi connectivity index (χ0) is 16.2. The molecule has 0 aliphatic carbocycles. The van der Waals surface area contributed by atoms with Gasteiger partial charge in [-0.05, 0) is 31.2 Å². The summed E-state index contributed by atoms with van der Waals surface area (Å²) in [4.78, 5) is 5.31. The third-order valence-corrected chi connectivity index (χ3v) is 5.77. The molecule has 0 saturated carbocycles. The summed E-state index contributed by atoms with van der Waals surface area (Å²) in [5.41, 5.74) is 1.37. The topological polar surface area (TPSA) is 42.8 Å². The van der Waals surface area contributed by atoms with Gasteiger partial charge < -0.3 is 9.47 Å². The van der Waals surface area contributed by atoms with Crippen LogP contribution in [-0.2, 0) is 22.6 Å². The van der Waals surface area contributed by atoms with Crippen LogP contribution in [0.1, 0.15) is 25.0 Å². The number of ether oxygens (including phenoxy) is 2. The number of aromatic nitrogens is 2. The van der Waals surface area contributed by atoms with Gasteiger partial charge in [0.1, 0.15) is 0 Å². The molecular weight excluding hydrogens is 304 g/mol. The van der Waals surface area contributed by atoms with E-state index >= 15 is 0 Å². The normalized spacial score (nSPS) is 27.8. The number of hydrogen-bond donors (Lipinski definition) is 0. The quantitative estimate of drug-likeness (QED) is 0.828. The summed E-state index contributed by atoms with van der Waals surface area (Å²) in [6, 6.07) is 2.81. The predicted molar refractivity (Wildman–Crippen MR) is 91.8 cm³/mol. The Bertz CT molecular complexity index is 509. The smallest absolute Gasteiger partial charge is 0.0594 e. The maximum Gasteiger partial charge on any atom is 0.0594 e. The molecule has 0 amide bonds. The van der Waals surface area contributed by atoms with E-state index in [1.54, 1.807) is 0 Å². The summed E-state index contributed by atoms with van der Waals surface area (Å²) in [5.74, 6) is 0.778. The molecule has 0 aromatic carbocycles. The van der Waals surface area contributed by atoms with Gasteiger partial charge in [0.15, 0.2) is 0 Å². The van der Waals surface area contributed by atoms with Gasteiger partial charge in [0, 0.05) is 64.7 Å². The van der Waals surface area contributed by atoms with Gasteiger partial charge in [-0.25, -0.2) is 0 Å². The first kappa shape index (κ1) is 16.5. The lowest BCUT2D eigenvalue weighted by Crippen LogP contribution is -2.48. The van der Waals surface area contributed by atoms with E-state index in [1.165, 1.54) is 31.5 Å². The molecule has 2 fully saturated rings. The first-order chi connectivity index (χ1) is 11.9. The first-order valence-electron chi connectivity index (χ1n) is 9.51. The molecule has 1 atom stereocenters. The standard InChI is InChI=1S/C18H30N4O2/c1-5-19-22-6-2-17(14-20-7-11-24-12-8-20)21(15-18(1)22)13-16-3-9-23-10-4-16/h1,5,16-17H,2-4,6-15H2/t17-/m1/s1. The fourth-order valence-electron chi connectivity index (χ4n) is 4.25. The van der Waals surface area contributed by atoms with E-state index in [4.69, 9.17) is 9.47 Å². The first-order valence-corrected chi connectivity index (χ1v) is 9.51. The zero-order valence-electron chi connectivity index (χ0n) is 14.6. The molecule has 0 bridgehead atoms. The van der Waals surface area contributed by atoms with Crippen LogP contribution < -0.4 is 0 Å². The van der Waals surface area contributed by atoms with Crippen molar-refractivity contribution in [3.8, 4) is 0 Å². The van der Waals surface area contributed by atoms with E-state index in [1.807, 2.05) is 6.20 Å². The van der Waals surface area contributed by atoms with E-state index in [0.29, 0.717) is 6.04 Å². The molecule has 0 radical (unpaired) electrons. The van der Waals surface area contributed by atoms with Gasteiger partial charge in [-0.2, -0.15) is 5.10 Å². The summed E-state index contributed by atoms with van der Waals surface area (Å²) < 4.78 is 13.3. The van der Waals surface area contributed by atoms with E-state index < -0.39 is 0 Å². The Balaban J connectivity index is 1.44. The molecule has 24 heavy (non-hydrogen) atoms. The lowest BCUT2D eigenvalue weighted by atomic mass is 9.98. The fraction of sp³-hybridized carbons (Fsp3) is 0.833. The van der Waals surface area contributed by atoms with Gasteiger partial charge in [-0.1, -0.05) is 0 Å². The third kappa shape index (κ3) is 3.99. The molecule has 1 aromatic heterocycles. The molecule has 1 aromatic rings. The molecule has 134 valence electrons. The largest absolute Gasteiger partial charge is 0.381 e. The highest BCUT2D eigenvalue weighted by molar-refractivity contribution is 5.03. The van der Waals surface area contributed by atoms with Crippen molar-refractivity contribution in [2.45, 2.75) is 38.4 Å². The van der Waals surface area contributed by atoms with E-state index in [0.717, 1.165) is 65.1 Å². The zero-order valence-corrected chi connectivity index (χ0v) is 14.6. The van der Waals surface area contributed by atoms with Crippen molar-refractivity contribution < 1.29 is 9.47 Å². The molecule has 3 aliphatic rings.